The first-order chi connectivity index (χ1) is 14.4. The average molecular weight is 506 g/mol. The van der Waals surface area contributed by atoms with Crippen molar-refractivity contribution in [2.24, 2.45) is 0 Å². The Morgan fingerprint density at radius 2 is 1.66 bits per heavy atom. The average Bonchev–Trinajstić information content (AvgIpc) is 3.43. The summed E-state index contributed by atoms with van der Waals surface area (Å²) in [6, 6.07) is 10.1. The number of nitrogens with one attached hydrogen (secondary N) is 1. The van der Waals surface area contributed by atoms with Gasteiger partial charge in [0.25, 0.3) is 0 Å². The fourth-order valence-corrected chi connectivity index (χ4v) is 2.43. The molecule has 0 unspecified atom stereocenters. The topological polar surface area (TPSA) is 99.1 Å². The van der Waals surface area contributed by atoms with E-state index in [0.717, 1.165) is 24.5 Å². The van der Waals surface area contributed by atoms with E-state index in [9.17, 15) is 4.79 Å². The Labute approximate surface area is 186 Å². The molecule has 2 aromatic carbocycles. The number of fused-ring (bicyclic) bond motifs is 1. The first kappa shape index (κ1) is 22.5. The molecule has 2 aromatic rings. The van der Waals surface area contributed by atoms with Crippen LogP contribution in [0.2, 0.25) is 0 Å². The van der Waals surface area contributed by atoms with E-state index >= 15 is 0 Å². The largest absolute Gasteiger partial charge is 0.398 e. The lowest BCUT2D eigenvalue weighted by atomic mass is 10.1. The Bertz CT molecular complexity index is 913. The molecule has 2 heterocycles. The predicted octanol–water partition coefficient (Wildman–Crippen LogP) is 4.98. The molecule has 0 aromatic heterocycles. The minimum absolute atomic E-state index is 0.00660. The maximum absolute atomic E-state index is 10.9. The van der Waals surface area contributed by atoms with Crippen molar-refractivity contribution >= 4 is 56.9 Å². The van der Waals surface area contributed by atoms with E-state index in [2.05, 4.69) is 15.0 Å². The number of anilines is 3. The number of ether oxygens (including phenoxy) is 1. The molecule has 152 valence electrons. The highest BCUT2D eigenvalue weighted by Crippen LogP contribution is 2.27. The van der Waals surface area contributed by atoms with E-state index in [1.54, 1.807) is 36.4 Å². The molecule has 0 aliphatic carbocycles. The van der Waals surface area contributed by atoms with Crippen LogP contribution in [0.4, 0.5) is 28.4 Å². The minimum atomic E-state index is 0.00660. The van der Waals surface area contributed by atoms with Crippen molar-refractivity contribution in [3.8, 4) is 0 Å². The zero-order chi connectivity index (χ0) is 22.4. The molecule has 0 atom stereocenters. The molecule has 0 bridgehead atoms. The second-order valence-electron chi connectivity index (χ2n) is 5.92. The molecule has 5 N–H and O–H groups in total. The number of amides is 1. The summed E-state index contributed by atoms with van der Waals surface area (Å²) in [6.07, 6.45) is 2.96. The number of hydrogen-bond acceptors (Lipinski definition) is 4. The van der Waals surface area contributed by atoms with E-state index in [1.165, 1.54) is 12.8 Å². The quantitative estimate of drug-likeness (QED) is 0.203. The lowest BCUT2D eigenvalue weighted by Gasteiger charge is -1.97. The number of benzene rings is 2. The summed E-state index contributed by atoms with van der Waals surface area (Å²) >= 11 is 1.96. The highest BCUT2D eigenvalue weighted by molar-refractivity contribution is 14.1. The van der Waals surface area contributed by atoms with Gasteiger partial charge in [0.15, 0.2) is 11.4 Å². The monoisotopic (exact) mass is 506 g/mol. The molecular weight excluding hydrogens is 481 g/mol. The molecule has 0 saturated carbocycles. The molecule has 2 aliphatic rings. The highest BCUT2D eigenvalue weighted by atomic mass is 127. The molecule has 7 nitrogen and oxygen atoms in total. The maximum atomic E-state index is 10.9. The number of nitrogens with zero attached hydrogens (tertiary/aromatic N) is 2. The zero-order valence-corrected chi connectivity index (χ0v) is 18.1. The van der Waals surface area contributed by atoms with E-state index in [1.807, 2.05) is 22.6 Å². The number of alkyl halides is 1. The number of nitrogen functional groups attached to an aromatic ring is 2. The lowest BCUT2D eigenvalue weighted by molar-refractivity contribution is -0.115. The van der Waals surface area contributed by atoms with Crippen LogP contribution in [0.5, 0.6) is 0 Å². The third kappa shape index (κ3) is 8.38. The van der Waals surface area contributed by atoms with Crippen molar-refractivity contribution in [2.75, 3.05) is 34.9 Å². The fraction of sp³-hybridized carbons (Fsp3) is 0.286. The summed E-state index contributed by atoms with van der Waals surface area (Å²) in [7, 11) is 0. The Balaban J connectivity index is 0.000000224. The van der Waals surface area contributed by atoms with Crippen LogP contribution in [0, 0.1) is 13.1 Å². The van der Waals surface area contributed by atoms with Crippen molar-refractivity contribution in [3.05, 3.63) is 64.8 Å². The van der Waals surface area contributed by atoms with Crippen LogP contribution in [0.1, 0.15) is 19.8 Å². The molecule has 1 fully saturated rings. The molecule has 1 amide bonds. The van der Waals surface area contributed by atoms with Gasteiger partial charge in [-0.2, -0.15) is 0 Å². The van der Waals surface area contributed by atoms with Gasteiger partial charge in [-0.1, -0.05) is 40.8 Å². The van der Waals surface area contributed by atoms with Gasteiger partial charge >= 0.3 is 0 Å². The molecule has 2 aliphatic heterocycles. The van der Waals surface area contributed by atoms with Gasteiger partial charge in [-0.15, -0.1) is 0 Å². The molecular formula is C21H24IN5O2. The van der Waals surface area contributed by atoms with Gasteiger partial charge in [-0.25, -0.2) is 9.69 Å². The van der Waals surface area contributed by atoms with Crippen molar-refractivity contribution in [1.82, 2.24) is 0 Å². The second kappa shape index (κ2) is 13.4. The van der Waals surface area contributed by atoms with Crippen molar-refractivity contribution in [2.45, 2.75) is 19.3 Å². The van der Waals surface area contributed by atoms with Gasteiger partial charge in [0, 0.05) is 26.0 Å². The number of halogens is 1. The maximum Gasteiger partial charge on any atom is 0.228 e. The summed E-state index contributed by atoms with van der Waals surface area (Å²) in [5.74, 6) is 0.00660. The van der Waals surface area contributed by atoms with Gasteiger partial charge in [0.2, 0.25) is 5.91 Å². The first-order valence-corrected chi connectivity index (χ1v) is 10.2. The normalized spacial score (nSPS) is 13.3. The third-order valence-corrected chi connectivity index (χ3v) is 3.87. The van der Waals surface area contributed by atoms with Gasteiger partial charge < -0.3 is 21.5 Å². The molecule has 8 heteroatoms. The summed E-state index contributed by atoms with van der Waals surface area (Å²) in [5, 5.41) is 2.71. The van der Waals surface area contributed by atoms with Crippen LogP contribution >= 0.6 is 22.6 Å². The van der Waals surface area contributed by atoms with Crippen molar-refractivity contribution in [3.63, 3.8) is 0 Å². The standard InChI is InChI=1S/C9H6N2O.C7H7N3.C4H8O.CH3I/c1-10-7-2-3-8-6(4-7)5-9(12)11-8;1-10-5-2-3-6(8)7(9)4-5;1-2-4-5-3-1;1-2/h2-4H,5H2,(H,11,12);2-4H,8-9H2;1-4H2;1H3/i;;;1D. The Morgan fingerprint density at radius 1 is 1.07 bits per heavy atom. The summed E-state index contributed by atoms with van der Waals surface area (Å²) in [6.45, 7) is 15.4. The number of rotatable bonds is 0. The molecule has 29 heavy (non-hydrogen) atoms. The zero-order valence-electron chi connectivity index (χ0n) is 17.0. The number of hydrogen-bond donors (Lipinski definition) is 3. The first-order valence-electron chi connectivity index (χ1n) is 9.41. The molecule has 0 spiro atoms. The van der Waals surface area contributed by atoms with E-state index in [-0.39, 0.29) is 5.91 Å². The second-order valence-corrected chi connectivity index (χ2v) is 5.92. The predicted molar refractivity (Wildman–Crippen MR) is 127 cm³/mol. The van der Waals surface area contributed by atoms with Gasteiger partial charge in [0.1, 0.15) is 0 Å². The summed E-state index contributed by atoms with van der Waals surface area (Å²) in [5.41, 5.74) is 14.7. The van der Waals surface area contributed by atoms with Crippen molar-refractivity contribution < 1.29 is 10.9 Å². The molecule has 0 radical (unpaired) electrons. The van der Waals surface area contributed by atoms with Crippen LogP contribution in [-0.4, -0.2) is 24.0 Å². The molecule has 4 rings (SSSR count). The Morgan fingerprint density at radius 3 is 2.17 bits per heavy atom. The van der Waals surface area contributed by atoms with Crippen LogP contribution in [0.25, 0.3) is 9.69 Å². The van der Waals surface area contributed by atoms with Gasteiger partial charge in [-0.05, 0) is 41.5 Å². The Kier molecular flexibility index (Phi) is 10.4. The smallest absolute Gasteiger partial charge is 0.228 e. The number of nitrogens with two attached hydrogens (primary N) is 2. The van der Waals surface area contributed by atoms with Crippen LogP contribution in [0.15, 0.2) is 36.4 Å². The number of carbonyl (C=O) groups is 1. The van der Waals surface area contributed by atoms with Gasteiger partial charge in [-0.3, -0.25) is 4.79 Å². The highest BCUT2D eigenvalue weighted by Gasteiger charge is 2.16. The van der Waals surface area contributed by atoms with Crippen LogP contribution < -0.4 is 16.8 Å². The van der Waals surface area contributed by atoms with Crippen LogP contribution in [0.3, 0.4) is 0 Å². The van der Waals surface area contributed by atoms with Crippen LogP contribution in [-0.2, 0) is 16.0 Å². The fourth-order valence-electron chi connectivity index (χ4n) is 2.43. The third-order valence-electron chi connectivity index (χ3n) is 3.87. The summed E-state index contributed by atoms with van der Waals surface area (Å²) < 4.78 is 11.1. The minimum Gasteiger partial charge on any atom is -0.398 e. The van der Waals surface area contributed by atoms with Gasteiger partial charge in [0.05, 0.1) is 25.3 Å². The number of carbonyl (C=O) groups excluding carboxylic acids is 1. The Hall–Kier alpha value is -2.82. The van der Waals surface area contributed by atoms with E-state index in [0.29, 0.717) is 34.1 Å². The SMILES string of the molecule is C1CCOC1.[2H]CI.[C-]#[N+]c1ccc(N)c(N)c1.[C-]#[N+]c1ccc2c(c1)CC(=O)N2. The lowest BCUT2D eigenvalue weighted by Crippen LogP contribution is -2.03. The van der Waals surface area contributed by atoms with Crippen molar-refractivity contribution in [1.29, 1.82) is 0 Å². The summed E-state index contributed by atoms with van der Waals surface area (Å²) in [4.78, 5) is 17.9. The van der Waals surface area contributed by atoms with E-state index < -0.39 is 0 Å². The van der Waals surface area contributed by atoms with E-state index in [4.69, 9.17) is 30.7 Å². The molecule has 1 saturated heterocycles.